The Kier molecular flexibility index (Phi) is 5.19. The van der Waals surface area contributed by atoms with Crippen LogP contribution in [0.3, 0.4) is 0 Å². The van der Waals surface area contributed by atoms with Gasteiger partial charge in [-0.25, -0.2) is 9.80 Å². The van der Waals surface area contributed by atoms with E-state index in [9.17, 15) is 4.79 Å². The molecule has 0 saturated heterocycles. The summed E-state index contributed by atoms with van der Waals surface area (Å²) in [6, 6.07) is 26.1. The fourth-order valence-electron chi connectivity index (χ4n) is 4.31. The molecular weight excluding hydrogens is 496 g/mol. The number of hydrogen-bond acceptors (Lipinski definition) is 6. The van der Waals surface area contributed by atoms with E-state index in [1.807, 2.05) is 47.5 Å². The van der Waals surface area contributed by atoms with Crippen LogP contribution in [0.5, 0.6) is 11.5 Å². The molecule has 0 fully saturated rings. The zero-order valence-corrected chi connectivity index (χ0v) is 19.5. The molecule has 0 saturated carbocycles. The number of nitrogens with zero attached hydrogens (tertiary/aromatic N) is 2. The number of hydrazone groups is 1. The van der Waals surface area contributed by atoms with Gasteiger partial charge in [-0.2, -0.15) is 5.10 Å². The van der Waals surface area contributed by atoms with Crippen molar-refractivity contribution in [3.63, 3.8) is 0 Å². The van der Waals surface area contributed by atoms with Gasteiger partial charge in [-0.3, -0.25) is 0 Å². The van der Waals surface area contributed by atoms with E-state index in [1.165, 1.54) is 0 Å². The molecule has 3 heterocycles. The van der Waals surface area contributed by atoms with Crippen LogP contribution in [0.25, 0.3) is 0 Å². The minimum atomic E-state index is -0.426. The van der Waals surface area contributed by atoms with Gasteiger partial charge in [0.2, 0.25) is 6.23 Å². The molecule has 2 aliphatic rings. The first-order chi connectivity index (χ1) is 16.7. The number of fused-ring (bicyclic) bond motifs is 3. The lowest BCUT2D eigenvalue weighted by Crippen LogP contribution is -2.33. The topological polar surface area (TPSA) is 64.3 Å². The molecule has 34 heavy (non-hydrogen) atoms. The first-order valence-electron chi connectivity index (χ1n) is 10.9. The molecule has 0 amide bonds. The van der Waals surface area contributed by atoms with Gasteiger partial charge in [-0.05, 0) is 66.7 Å². The predicted octanol–water partition coefficient (Wildman–Crippen LogP) is 6.50. The third-order valence-corrected chi connectivity index (χ3v) is 6.44. The number of furan rings is 1. The van der Waals surface area contributed by atoms with Crippen molar-refractivity contribution in [2.24, 2.45) is 5.10 Å². The predicted molar refractivity (Wildman–Crippen MR) is 130 cm³/mol. The Labute approximate surface area is 204 Å². The van der Waals surface area contributed by atoms with Crippen molar-refractivity contribution >= 4 is 27.6 Å². The Morgan fingerprint density at radius 1 is 1.00 bits per heavy atom. The summed E-state index contributed by atoms with van der Waals surface area (Å²) < 4.78 is 18.5. The van der Waals surface area contributed by atoms with Crippen LogP contribution in [-0.2, 0) is 0 Å². The standard InChI is InChI=1S/C27H19BrN2O4/c28-19-10-13-24-21(15-19)23-16-22(25-7-4-14-32-25)29-30(23)26(34-24)17-8-11-20(12-9-17)33-27(31)18-5-2-1-3-6-18/h1-15,23,26H,16H2/t23-,26+/m0/s1. The van der Waals surface area contributed by atoms with Crippen LogP contribution in [0.2, 0.25) is 0 Å². The number of carbonyl (C=O) groups is 1. The third kappa shape index (κ3) is 3.78. The highest BCUT2D eigenvalue weighted by Crippen LogP contribution is 2.48. The smallest absolute Gasteiger partial charge is 0.343 e. The molecule has 0 spiro atoms. The largest absolute Gasteiger partial charge is 0.464 e. The fraction of sp³-hybridized carbons (Fsp3) is 0.111. The monoisotopic (exact) mass is 514 g/mol. The van der Waals surface area contributed by atoms with E-state index in [0.717, 1.165) is 32.8 Å². The van der Waals surface area contributed by atoms with Crippen LogP contribution in [-0.4, -0.2) is 16.7 Å². The van der Waals surface area contributed by atoms with Crippen LogP contribution in [0, 0.1) is 0 Å². The lowest BCUT2D eigenvalue weighted by Gasteiger charge is -2.38. The normalized spacial score (nSPS) is 18.5. The first kappa shape index (κ1) is 20.7. The Morgan fingerprint density at radius 3 is 2.59 bits per heavy atom. The summed E-state index contributed by atoms with van der Waals surface area (Å²) in [6.07, 6.45) is 1.94. The molecule has 7 heteroatoms. The maximum atomic E-state index is 12.4. The van der Waals surface area contributed by atoms with Crippen LogP contribution in [0.4, 0.5) is 0 Å². The van der Waals surface area contributed by atoms with E-state index in [2.05, 4.69) is 22.0 Å². The summed E-state index contributed by atoms with van der Waals surface area (Å²) in [5.74, 6) is 1.65. The zero-order chi connectivity index (χ0) is 23.1. The molecule has 2 aliphatic heterocycles. The van der Waals surface area contributed by atoms with Crippen LogP contribution in [0.15, 0.2) is 105 Å². The summed E-state index contributed by atoms with van der Waals surface area (Å²) >= 11 is 3.57. The maximum absolute atomic E-state index is 12.4. The second kappa shape index (κ2) is 8.50. The van der Waals surface area contributed by atoms with E-state index in [-0.39, 0.29) is 6.04 Å². The van der Waals surface area contributed by atoms with Crippen LogP contribution in [0.1, 0.15) is 45.9 Å². The third-order valence-electron chi connectivity index (χ3n) is 5.94. The number of hydrogen-bond donors (Lipinski definition) is 0. The molecule has 2 atom stereocenters. The van der Waals surface area contributed by atoms with Gasteiger partial charge in [0.15, 0.2) is 0 Å². The summed E-state index contributed by atoms with van der Waals surface area (Å²) in [7, 11) is 0. The second-order valence-electron chi connectivity index (χ2n) is 8.10. The molecule has 0 radical (unpaired) electrons. The summed E-state index contributed by atoms with van der Waals surface area (Å²) in [6.45, 7) is 0. The van der Waals surface area contributed by atoms with Gasteiger partial charge in [0.25, 0.3) is 0 Å². The van der Waals surface area contributed by atoms with Gasteiger partial charge in [0.1, 0.15) is 23.0 Å². The van der Waals surface area contributed by atoms with Crippen molar-refractivity contribution in [1.29, 1.82) is 0 Å². The van der Waals surface area contributed by atoms with Gasteiger partial charge in [0, 0.05) is 22.0 Å². The first-order valence-corrected chi connectivity index (χ1v) is 11.7. The molecule has 3 aromatic carbocycles. The Balaban J connectivity index is 1.30. The van der Waals surface area contributed by atoms with Crippen molar-refractivity contribution < 1.29 is 18.7 Å². The average molecular weight is 515 g/mol. The molecule has 0 N–H and O–H groups in total. The SMILES string of the molecule is O=C(Oc1ccc([C@H]2Oc3ccc(Br)cc3[C@@H]3CC(c4ccco4)=NN23)cc1)c1ccccc1. The number of ether oxygens (including phenoxy) is 2. The van der Waals surface area contributed by atoms with Crippen LogP contribution < -0.4 is 9.47 Å². The van der Waals surface area contributed by atoms with Crippen molar-refractivity contribution in [2.45, 2.75) is 18.7 Å². The highest BCUT2D eigenvalue weighted by molar-refractivity contribution is 9.10. The number of halogens is 1. The highest BCUT2D eigenvalue weighted by Gasteiger charge is 2.41. The Hall–Kier alpha value is -3.84. The van der Waals surface area contributed by atoms with Crippen LogP contribution >= 0.6 is 15.9 Å². The van der Waals surface area contributed by atoms with Gasteiger partial charge >= 0.3 is 5.97 Å². The lowest BCUT2D eigenvalue weighted by molar-refractivity contribution is -0.0191. The molecule has 6 rings (SSSR count). The molecule has 4 aromatic rings. The number of rotatable bonds is 4. The molecule has 0 unspecified atom stereocenters. The van der Waals surface area contributed by atoms with Crippen molar-refractivity contribution in [3.8, 4) is 11.5 Å². The highest BCUT2D eigenvalue weighted by atomic mass is 79.9. The lowest BCUT2D eigenvalue weighted by atomic mass is 9.97. The van der Waals surface area contributed by atoms with Gasteiger partial charge in [-0.1, -0.05) is 34.1 Å². The molecule has 6 nitrogen and oxygen atoms in total. The van der Waals surface area contributed by atoms with E-state index in [0.29, 0.717) is 17.7 Å². The minimum Gasteiger partial charge on any atom is -0.464 e. The van der Waals surface area contributed by atoms with E-state index < -0.39 is 12.2 Å². The summed E-state index contributed by atoms with van der Waals surface area (Å²) in [5, 5.41) is 6.86. The quantitative estimate of drug-likeness (QED) is 0.229. The molecular formula is C27H19BrN2O4. The minimum absolute atomic E-state index is 0.0157. The van der Waals surface area contributed by atoms with E-state index in [4.69, 9.17) is 19.0 Å². The molecule has 0 aliphatic carbocycles. The molecule has 0 bridgehead atoms. The van der Waals surface area contributed by atoms with Gasteiger partial charge < -0.3 is 13.9 Å². The van der Waals surface area contributed by atoms with Gasteiger partial charge in [-0.15, -0.1) is 0 Å². The number of carbonyl (C=O) groups excluding carboxylic acids is 1. The fourth-order valence-corrected chi connectivity index (χ4v) is 4.69. The van der Waals surface area contributed by atoms with E-state index in [1.54, 1.807) is 42.7 Å². The molecule has 1 aromatic heterocycles. The van der Waals surface area contributed by atoms with Gasteiger partial charge in [0.05, 0.1) is 17.9 Å². The second-order valence-corrected chi connectivity index (χ2v) is 9.02. The molecule has 168 valence electrons. The zero-order valence-electron chi connectivity index (χ0n) is 17.9. The number of esters is 1. The van der Waals surface area contributed by atoms with Crippen molar-refractivity contribution in [1.82, 2.24) is 5.01 Å². The average Bonchev–Trinajstić information content (AvgIpc) is 3.55. The number of benzene rings is 3. The van der Waals surface area contributed by atoms with E-state index >= 15 is 0 Å². The summed E-state index contributed by atoms with van der Waals surface area (Å²) in [4.78, 5) is 12.4. The summed E-state index contributed by atoms with van der Waals surface area (Å²) in [5.41, 5.74) is 3.36. The maximum Gasteiger partial charge on any atom is 0.343 e. The Morgan fingerprint density at radius 2 is 1.82 bits per heavy atom. The Bertz CT molecular complexity index is 1370. The van der Waals surface area contributed by atoms with Crippen molar-refractivity contribution in [3.05, 3.63) is 118 Å². The van der Waals surface area contributed by atoms with Crippen molar-refractivity contribution in [2.75, 3.05) is 0 Å².